The molecule has 0 radical (unpaired) electrons. The number of piperidine rings is 1. The first-order valence-corrected chi connectivity index (χ1v) is 6.09. The Hall–Kier alpha value is -1.36. The highest BCUT2D eigenvalue weighted by Gasteiger charge is 2.21. The number of carbonyl (C=O) groups excluding carboxylic acids is 1. The van der Waals surface area contributed by atoms with Crippen molar-refractivity contribution in [2.75, 3.05) is 6.54 Å². The number of nitrogens with zero attached hydrogens (tertiary/aromatic N) is 2. The van der Waals surface area contributed by atoms with E-state index in [1.54, 1.807) is 0 Å². The van der Waals surface area contributed by atoms with Crippen molar-refractivity contribution in [3.05, 3.63) is 17.0 Å². The fourth-order valence-electron chi connectivity index (χ4n) is 2.27. The minimum absolute atomic E-state index is 0.0530. The molecule has 1 aromatic rings. The fourth-order valence-corrected chi connectivity index (χ4v) is 2.27. The molecule has 17 heavy (non-hydrogen) atoms. The van der Waals surface area contributed by atoms with Crippen molar-refractivity contribution in [3.8, 4) is 0 Å². The molecule has 2 rings (SSSR count). The van der Waals surface area contributed by atoms with Gasteiger partial charge in [0.15, 0.2) is 0 Å². The van der Waals surface area contributed by atoms with Gasteiger partial charge < -0.3 is 10.6 Å². The Kier molecular flexibility index (Phi) is 3.47. The largest absolute Gasteiger partial charge is 0.355 e. The van der Waals surface area contributed by atoms with Crippen LogP contribution in [0.15, 0.2) is 0 Å². The van der Waals surface area contributed by atoms with Crippen LogP contribution in [0.2, 0.25) is 0 Å². The molecule has 5 nitrogen and oxygen atoms in total. The molecule has 2 N–H and O–H groups in total. The highest BCUT2D eigenvalue weighted by atomic mass is 16.2. The number of nitrogens with one attached hydrogen (secondary N) is 2. The van der Waals surface area contributed by atoms with Crippen LogP contribution in [-0.2, 0) is 18.4 Å². The first-order chi connectivity index (χ1) is 8.09. The molecule has 1 aromatic heterocycles. The van der Waals surface area contributed by atoms with Crippen molar-refractivity contribution in [2.24, 2.45) is 7.05 Å². The van der Waals surface area contributed by atoms with Crippen LogP contribution in [-0.4, -0.2) is 28.3 Å². The summed E-state index contributed by atoms with van der Waals surface area (Å²) < 4.78 is 1.88. The molecular formula is C12H20N4O. The van der Waals surface area contributed by atoms with Gasteiger partial charge in [-0.15, -0.1) is 0 Å². The second-order valence-corrected chi connectivity index (χ2v) is 4.64. The lowest BCUT2D eigenvalue weighted by Crippen LogP contribution is -2.48. The van der Waals surface area contributed by atoms with Crippen molar-refractivity contribution in [1.29, 1.82) is 0 Å². The van der Waals surface area contributed by atoms with Gasteiger partial charge >= 0.3 is 0 Å². The van der Waals surface area contributed by atoms with Gasteiger partial charge in [-0.1, -0.05) is 0 Å². The van der Waals surface area contributed by atoms with Gasteiger partial charge in [-0.25, -0.2) is 0 Å². The summed E-state index contributed by atoms with van der Waals surface area (Å²) in [5.41, 5.74) is 3.39. The predicted molar refractivity (Wildman–Crippen MR) is 65.6 cm³/mol. The Bertz CT molecular complexity index is 424. The van der Waals surface area contributed by atoms with E-state index in [4.69, 9.17) is 0 Å². The van der Waals surface area contributed by atoms with E-state index in [1.807, 2.05) is 18.7 Å². The fraction of sp³-hybridized carbons (Fsp3) is 0.667. The number of aryl methyl sites for hydroxylation is 2. The minimum atomic E-state index is -0.0530. The van der Waals surface area contributed by atoms with Crippen LogP contribution in [0.25, 0.3) is 0 Å². The summed E-state index contributed by atoms with van der Waals surface area (Å²) in [6.45, 7) is 5.58. The zero-order chi connectivity index (χ0) is 12.4. The lowest BCUT2D eigenvalue weighted by Gasteiger charge is -2.22. The van der Waals surface area contributed by atoms with Crippen LogP contribution < -0.4 is 10.6 Å². The standard InChI is InChI=1S/C12H20N4O/c1-8-10(9(2)16(3)15-8)7-14-11-5-4-6-13-12(11)17/h11,14H,4-7H2,1-3H3,(H,13,17). The van der Waals surface area contributed by atoms with E-state index >= 15 is 0 Å². The van der Waals surface area contributed by atoms with Crippen LogP contribution in [0.4, 0.5) is 0 Å². The van der Waals surface area contributed by atoms with Crippen molar-refractivity contribution >= 4 is 5.91 Å². The van der Waals surface area contributed by atoms with Gasteiger partial charge in [0.2, 0.25) is 5.91 Å². The van der Waals surface area contributed by atoms with Crippen LogP contribution >= 0.6 is 0 Å². The van der Waals surface area contributed by atoms with Crippen molar-refractivity contribution in [1.82, 2.24) is 20.4 Å². The summed E-state index contributed by atoms with van der Waals surface area (Å²) in [7, 11) is 1.94. The Morgan fingerprint density at radius 3 is 2.88 bits per heavy atom. The molecule has 0 aliphatic carbocycles. The van der Waals surface area contributed by atoms with Gasteiger partial charge in [0.25, 0.3) is 0 Å². The van der Waals surface area contributed by atoms with E-state index in [0.29, 0.717) is 6.54 Å². The van der Waals surface area contributed by atoms with Crippen molar-refractivity contribution in [3.63, 3.8) is 0 Å². The molecule has 0 spiro atoms. The third-order valence-corrected chi connectivity index (χ3v) is 3.47. The average molecular weight is 236 g/mol. The van der Waals surface area contributed by atoms with E-state index in [2.05, 4.69) is 22.7 Å². The number of carbonyl (C=O) groups is 1. The first kappa shape index (κ1) is 12.1. The lowest BCUT2D eigenvalue weighted by atomic mass is 10.1. The lowest BCUT2D eigenvalue weighted by molar-refractivity contribution is -0.124. The molecule has 1 unspecified atom stereocenters. The van der Waals surface area contributed by atoms with Gasteiger partial charge in [-0.2, -0.15) is 5.10 Å². The number of hydrogen-bond donors (Lipinski definition) is 2. The van der Waals surface area contributed by atoms with Crippen molar-refractivity contribution in [2.45, 2.75) is 39.3 Å². The molecule has 1 aliphatic rings. The van der Waals surface area contributed by atoms with E-state index in [1.165, 1.54) is 5.56 Å². The molecule has 1 fully saturated rings. The summed E-state index contributed by atoms with van der Waals surface area (Å²) in [6, 6.07) is -0.0530. The van der Waals surface area contributed by atoms with E-state index in [-0.39, 0.29) is 11.9 Å². The molecule has 1 aliphatic heterocycles. The summed E-state index contributed by atoms with van der Waals surface area (Å²) in [5.74, 6) is 0.121. The van der Waals surface area contributed by atoms with Gasteiger partial charge in [-0.05, 0) is 26.7 Å². The van der Waals surface area contributed by atoms with Gasteiger partial charge in [-0.3, -0.25) is 9.48 Å². The zero-order valence-corrected chi connectivity index (χ0v) is 10.7. The zero-order valence-electron chi connectivity index (χ0n) is 10.7. The van der Waals surface area contributed by atoms with Crippen LogP contribution in [0.1, 0.15) is 29.8 Å². The second kappa shape index (κ2) is 4.87. The summed E-state index contributed by atoms with van der Waals surface area (Å²) >= 11 is 0. The molecule has 2 heterocycles. The summed E-state index contributed by atoms with van der Waals surface area (Å²) in [5, 5.41) is 10.6. The summed E-state index contributed by atoms with van der Waals surface area (Å²) in [4.78, 5) is 11.6. The van der Waals surface area contributed by atoms with E-state index < -0.39 is 0 Å². The average Bonchev–Trinajstić information content (AvgIpc) is 2.53. The molecule has 1 saturated heterocycles. The first-order valence-electron chi connectivity index (χ1n) is 6.09. The maximum Gasteiger partial charge on any atom is 0.237 e. The number of hydrogen-bond acceptors (Lipinski definition) is 3. The van der Waals surface area contributed by atoms with Gasteiger partial charge in [0, 0.05) is 31.4 Å². The Morgan fingerprint density at radius 1 is 1.53 bits per heavy atom. The molecule has 0 bridgehead atoms. The Morgan fingerprint density at radius 2 is 2.29 bits per heavy atom. The monoisotopic (exact) mass is 236 g/mol. The maximum absolute atomic E-state index is 11.6. The highest BCUT2D eigenvalue weighted by molar-refractivity contribution is 5.82. The molecule has 1 atom stereocenters. The highest BCUT2D eigenvalue weighted by Crippen LogP contribution is 2.12. The van der Waals surface area contributed by atoms with E-state index in [0.717, 1.165) is 30.8 Å². The predicted octanol–water partition coefficient (Wildman–Crippen LogP) is 0.405. The molecule has 0 saturated carbocycles. The Balaban J connectivity index is 1.99. The molecule has 0 aromatic carbocycles. The normalized spacial score (nSPS) is 20.4. The summed E-state index contributed by atoms with van der Waals surface area (Å²) in [6.07, 6.45) is 1.97. The molecule has 94 valence electrons. The third-order valence-electron chi connectivity index (χ3n) is 3.47. The molecular weight excluding hydrogens is 216 g/mol. The van der Waals surface area contributed by atoms with Crippen molar-refractivity contribution < 1.29 is 4.79 Å². The number of rotatable bonds is 3. The van der Waals surface area contributed by atoms with Crippen LogP contribution in [0, 0.1) is 13.8 Å². The van der Waals surface area contributed by atoms with Gasteiger partial charge in [0.05, 0.1) is 11.7 Å². The number of amides is 1. The van der Waals surface area contributed by atoms with Crippen LogP contribution in [0.3, 0.4) is 0 Å². The quantitative estimate of drug-likeness (QED) is 0.799. The SMILES string of the molecule is Cc1nn(C)c(C)c1CNC1CCCNC1=O. The topological polar surface area (TPSA) is 59.0 Å². The van der Waals surface area contributed by atoms with E-state index in [9.17, 15) is 4.79 Å². The van der Waals surface area contributed by atoms with Crippen LogP contribution in [0.5, 0.6) is 0 Å². The molecule has 5 heteroatoms. The molecule has 1 amide bonds. The van der Waals surface area contributed by atoms with Gasteiger partial charge in [0.1, 0.15) is 0 Å². The third kappa shape index (κ3) is 2.49. The smallest absolute Gasteiger partial charge is 0.237 e. The maximum atomic E-state index is 11.6. The Labute approximate surface area is 102 Å². The second-order valence-electron chi connectivity index (χ2n) is 4.64. The number of aromatic nitrogens is 2. The minimum Gasteiger partial charge on any atom is -0.355 e.